The monoisotopic (exact) mass is 280 g/mol. The van der Waals surface area contributed by atoms with E-state index >= 15 is 0 Å². The molecule has 0 radical (unpaired) electrons. The summed E-state index contributed by atoms with van der Waals surface area (Å²) in [5, 5.41) is 7.98. The third-order valence-electron chi connectivity index (χ3n) is 4.19. The van der Waals surface area contributed by atoms with Crippen LogP contribution in [0.15, 0.2) is 12.4 Å². The molecular weight excluding hydrogens is 252 g/mol. The van der Waals surface area contributed by atoms with Gasteiger partial charge in [-0.05, 0) is 27.7 Å². The van der Waals surface area contributed by atoms with Crippen molar-refractivity contribution in [2.45, 2.75) is 45.8 Å². The Morgan fingerprint density at radius 2 is 2.10 bits per heavy atom. The van der Waals surface area contributed by atoms with Crippen LogP contribution in [0.1, 0.15) is 39.3 Å². The lowest BCUT2D eigenvalue weighted by Crippen LogP contribution is -2.54. The zero-order valence-corrected chi connectivity index (χ0v) is 13.2. The highest BCUT2D eigenvalue weighted by molar-refractivity contribution is 5.09. The van der Waals surface area contributed by atoms with E-state index in [9.17, 15) is 0 Å². The Labute approximate surface area is 122 Å². The summed E-state index contributed by atoms with van der Waals surface area (Å²) in [5.41, 5.74) is 1.41. The van der Waals surface area contributed by atoms with E-state index in [4.69, 9.17) is 4.74 Å². The highest BCUT2D eigenvalue weighted by Gasteiger charge is 2.28. The van der Waals surface area contributed by atoms with Crippen molar-refractivity contribution in [1.82, 2.24) is 20.0 Å². The molecule has 0 saturated carbocycles. The molecule has 1 fully saturated rings. The van der Waals surface area contributed by atoms with Gasteiger partial charge in [-0.2, -0.15) is 5.10 Å². The second-order valence-corrected chi connectivity index (χ2v) is 6.14. The molecule has 1 N–H and O–H groups in total. The van der Waals surface area contributed by atoms with Gasteiger partial charge in [0.25, 0.3) is 0 Å². The van der Waals surface area contributed by atoms with Crippen molar-refractivity contribution in [1.29, 1.82) is 0 Å². The van der Waals surface area contributed by atoms with Gasteiger partial charge in [0.2, 0.25) is 0 Å². The topological polar surface area (TPSA) is 42.3 Å². The van der Waals surface area contributed by atoms with Crippen molar-refractivity contribution in [3.63, 3.8) is 0 Å². The Bertz CT molecular complexity index is 410. The summed E-state index contributed by atoms with van der Waals surface area (Å²) in [5.74, 6) is 0. The minimum Gasteiger partial charge on any atom is -0.379 e. The van der Waals surface area contributed by atoms with E-state index in [0.717, 1.165) is 39.4 Å². The molecule has 114 valence electrons. The van der Waals surface area contributed by atoms with Gasteiger partial charge < -0.3 is 10.1 Å². The van der Waals surface area contributed by atoms with E-state index in [2.05, 4.69) is 49.2 Å². The standard InChI is InChI=1S/C15H28N4O/c1-5-19-11-14(10-17-19)13(2)16-12-15(3,4)18-6-8-20-9-7-18/h10-11,13,16H,5-9,12H2,1-4H3. The Hall–Kier alpha value is -0.910. The van der Waals surface area contributed by atoms with Crippen molar-refractivity contribution in [3.8, 4) is 0 Å². The van der Waals surface area contributed by atoms with Gasteiger partial charge in [0.1, 0.15) is 0 Å². The molecule has 1 unspecified atom stereocenters. The van der Waals surface area contributed by atoms with Crippen LogP contribution in [0.4, 0.5) is 0 Å². The number of aromatic nitrogens is 2. The average Bonchev–Trinajstić information content (AvgIpc) is 2.95. The lowest BCUT2D eigenvalue weighted by molar-refractivity contribution is -0.0102. The molecule has 0 aromatic carbocycles. The molecule has 0 bridgehead atoms. The van der Waals surface area contributed by atoms with Crippen LogP contribution in [0.25, 0.3) is 0 Å². The first-order valence-electron chi connectivity index (χ1n) is 7.61. The number of hydrogen-bond donors (Lipinski definition) is 1. The van der Waals surface area contributed by atoms with E-state index < -0.39 is 0 Å². The summed E-state index contributed by atoms with van der Waals surface area (Å²) in [7, 11) is 0. The molecule has 1 aromatic rings. The van der Waals surface area contributed by atoms with Crippen LogP contribution < -0.4 is 5.32 Å². The summed E-state index contributed by atoms with van der Waals surface area (Å²) < 4.78 is 7.40. The molecule has 1 atom stereocenters. The molecule has 1 aromatic heterocycles. The van der Waals surface area contributed by atoms with Gasteiger partial charge in [0, 0.05) is 49.5 Å². The molecule has 1 saturated heterocycles. The minimum absolute atomic E-state index is 0.152. The highest BCUT2D eigenvalue weighted by Crippen LogP contribution is 2.18. The predicted octanol–water partition coefficient (Wildman–Crippen LogP) is 1.66. The van der Waals surface area contributed by atoms with Crippen LogP contribution in [0, 0.1) is 0 Å². The van der Waals surface area contributed by atoms with Crippen molar-refractivity contribution in [2.24, 2.45) is 0 Å². The fraction of sp³-hybridized carbons (Fsp3) is 0.800. The second-order valence-electron chi connectivity index (χ2n) is 6.14. The number of hydrogen-bond acceptors (Lipinski definition) is 4. The number of rotatable bonds is 6. The predicted molar refractivity (Wildman–Crippen MR) is 80.8 cm³/mol. The summed E-state index contributed by atoms with van der Waals surface area (Å²) in [6, 6.07) is 0.329. The van der Waals surface area contributed by atoms with Crippen molar-refractivity contribution < 1.29 is 4.74 Å². The maximum Gasteiger partial charge on any atom is 0.0594 e. The maximum absolute atomic E-state index is 5.43. The Kier molecular flexibility index (Phi) is 5.18. The number of nitrogens with one attached hydrogen (secondary N) is 1. The SMILES string of the molecule is CCn1cc(C(C)NCC(C)(C)N2CCOCC2)cn1. The quantitative estimate of drug-likeness (QED) is 0.860. The first-order valence-corrected chi connectivity index (χ1v) is 7.61. The summed E-state index contributed by atoms with van der Waals surface area (Å²) in [6.07, 6.45) is 4.09. The molecule has 5 nitrogen and oxygen atoms in total. The highest BCUT2D eigenvalue weighted by atomic mass is 16.5. The van der Waals surface area contributed by atoms with Gasteiger partial charge in [-0.15, -0.1) is 0 Å². The lowest BCUT2D eigenvalue weighted by atomic mass is 10.0. The molecule has 2 heterocycles. The average molecular weight is 280 g/mol. The van der Waals surface area contributed by atoms with Crippen LogP contribution in [0.3, 0.4) is 0 Å². The molecule has 1 aliphatic heterocycles. The first-order chi connectivity index (χ1) is 9.53. The molecule has 2 rings (SSSR count). The largest absolute Gasteiger partial charge is 0.379 e. The van der Waals surface area contributed by atoms with Crippen LogP contribution in [0.5, 0.6) is 0 Å². The molecular formula is C15H28N4O. The van der Waals surface area contributed by atoms with Gasteiger partial charge in [-0.1, -0.05) is 0 Å². The van der Waals surface area contributed by atoms with Crippen molar-refractivity contribution >= 4 is 0 Å². The Morgan fingerprint density at radius 3 is 2.70 bits per heavy atom. The van der Waals surface area contributed by atoms with E-state index in [-0.39, 0.29) is 5.54 Å². The molecule has 20 heavy (non-hydrogen) atoms. The minimum atomic E-state index is 0.152. The maximum atomic E-state index is 5.43. The third kappa shape index (κ3) is 3.81. The Morgan fingerprint density at radius 1 is 1.40 bits per heavy atom. The molecule has 5 heteroatoms. The molecule has 0 aliphatic carbocycles. The van der Waals surface area contributed by atoms with E-state index in [1.165, 1.54) is 5.56 Å². The zero-order valence-electron chi connectivity index (χ0n) is 13.2. The number of nitrogens with zero attached hydrogens (tertiary/aromatic N) is 3. The fourth-order valence-electron chi connectivity index (χ4n) is 2.58. The fourth-order valence-corrected chi connectivity index (χ4v) is 2.58. The molecule has 0 spiro atoms. The van der Waals surface area contributed by atoms with Crippen LogP contribution in [0.2, 0.25) is 0 Å². The lowest BCUT2D eigenvalue weighted by Gasteiger charge is -2.41. The van der Waals surface area contributed by atoms with Crippen LogP contribution in [-0.4, -0.2) is 53.1 Å². The molecule has 1 aliphatic rings. The zero-order chi connectivity index (χ0) is 14.6. The van der Waals surface area contributed by atoms with E-state index in [0.29, 0.717) is 6.04 Å². The normalized spacial score (nSPS) is 19.2. The van der Waals surface area contributed by atoms with Crippen molar-refractivity contribution in [3.05, 3.63) is 18.0 Å². The van der Waals surface area contributed by atoms with Crippen LogP contribution in [-0.2, 0) is 11.3 Å². The van der Waals surface area contributed by atoms with Gasteiger partial charge in [-0.25, -0.2) is 0 Å². The van der Waals surface area contributed by atoms with Gasteiger partial charge in [-0.3, -0.25) is 9.58 Å². The van der Waals surface area contributed by atoms with Gasteiger partial charge in [0.15, 0.2) is 0 Å². The second kappa shape index (κ2) is 6.70. The first kappa shape index (κ1) is 15.5. The van der Waals surface area contributed by atoms with E-state index in [1.807, 2.05) is 10.9 Å². The third-order valence-corrected chi connectivity index (χ3v) is 4.19. The van der Waals surface area contributed by atoms with E-state index in [1.54, 1.807) is 0 Å². The Balaban J connectivity index is 1.86. The summed E-state index contributed by atoms with van der Waals surface area (Å²) in [4.78, 5) is 2.51. The summed E-state index contributed by atoms with van der Waals surface area (Å²) in [6.45, 7) is 14.5. The summed E-state index contributed by atoms with van der Waals surface area (Å²) >= 11 is 0. The number of ether oxygens (including phenoxy) is 1. The molecule has 0 amide bonds. The smallest absolute Gasteiger partial charge is 0.0594 e. The number of morpholine rings is 1. The van der Waals surface area contributed by atoms with Gasteiger partial charge in [0.05, 0.1) is 19.4 Å². The van der Waals surface area contributed by atoms with Crippen LogP contribution >= 0.6 is 0 Å². The van der Waals surface area contributed by atoms with Gasteiger partial charge >= 0.3 is 0 Å². The number of aryl methyl sites for hydroxylation is 1. The van der Waals surface area contributed by atoms with Crippen molar-refractivity contribution in [2.75, 3.05) is 32.8 Å².